The van der Waals surface area contributed by atoms with E-state index in [1.807, 2.05) is 13.0 Å². The van der Waals surface area contributed by atoms with Gasteiger partial charge in [-0.25, -0.2) is 4.79 Å². The number of carbonyl (C=O) groups excluding carboxylic acids is 4. The van der Waals surface area contributed by atoms with Crippen LogP contribution in [0.25, 0.3) is 0 Å². The first-order chi connectivity index (χ1) is 15.7. The molecule has 9 heteroatoms. The van der Waals surface area contributed by atoms with Crippen LogP contribution >= 0.6 is 11.6 Å². The smallest absolute Gasteiger partial charge is 0.325 e. The number of nitrogens with one attached hydrogen (secondary N) is 2. The van der Waals surface area contributed by atoms with Gasteiger partial charge in [-0.1, -0.05) is 54.9 Å². The monoisotopic (exact) mass is 470 g/mol. The molecule has 0 radical (unpaired) electrons. The predicted molar refractivity (Wildman–Crippen MR) is 126 cm³/mol. The normalized spacial score (nSPS) is 17.6. The summed E-state index contributed by atoms with van der Waals surface area (Å²) in [5.41, 5.74) is 0.834. The molecule has 2 aromatic rings. The topological polar surface area (TPSA) is 98.8 Å². The third-order valence-corrected chi connectivity index (χ3v) is 6.04. The lowest BCUT2D eigenvalue weighted by Crippen LogP contribution is -2.47. The number of likely N-dealkylation sites (N-methyl/N-ethyl adjacent to an activating group) is 1. The number of anilines is 1. The Morgan fingerprint density at radius 1 is 1.12 bits per heavy atom. The van der Waals surface area contributed by atoms with Crippen LogP contribution in [0, 0.1) is 6.92 Å². The molecule has 0 unspecified atom stereocenters. The Bertz CT molecular complexity index is 1080. The van der Waals surface area contributed by atoms with Gasteiger partial charge >= 0.3 is 6.03 Å². The number of nitrogens with zero attached hydrogens (tertiary/aromatic N) is 2. The zero-order chi connectivity index (χ0) is 24.2. The largest absolute Gasteiger partial charge is 0.332 e. The van der Waals surface area contributed by atoms with E-state index < -0.39 is 35.8 Å². The van der Waals surface area contributed by atoms with Gasteiger partial charge in [0.2, 0.25) is 11.8 Å². The van der Waals surface area contributed by atoms with E-state index in [1.165, 1.54) is 4.90 Å². The molecule has 2 N–H and O–H groups in total. The van der Waals surface area contributed by atoms with Crippen LogP contribution in [0.3, 0.4) is 0 Å². The second-order valence-corrected chi connectivity index (χ2v) is 8.30. The molecule has 2 aromatic carbocycles. The van der Waals surface area contributed by atoms with Gasteiger partial charge in [-0.3, -0.25) is 19.3 Å². The van der Waals surface area contributed by atoms with E-state index in [-0.39, 0.29) is 13.1 Å². The molecule has 0 bridgehead atoms. The molecule has 0 aromatic heterocycles. The maximum absolute atomic E-state index is 13.2. The zero-order valence-electron chi connectivity index (χ0n) is 18.9. The van der Waals surface area contributed by atoms with Crippen molar-refractivity contribution in [2.75, 3.05) is 25.0 Å². The lowest BCUT2D eigenvalue weighted by Gasteiger charge is -2.26. The summed E-state index contributed by atoms with van der Waals surface area (Å²) in [4.78, 5) is 53.5. The number of urea groups is 1. The van der Waals surface area contributed by atoms with Crippen LogP contribution in [0.5, 0.6) is 0 Å². The summed E-state index contributed by atoms with van der Waals surface area (Å²) in [5.74, 6) is -1.39. The van der Waals surface area contributed by atoms with Crippen molar-refractivity contribution in [1.82, 2.24) is 15.1 Å². The van der Waals surface area contributed by atoms with E-state index in [0.29, 0.717) is 22.7 Å². The second kappa shape index (κ2) is 10.0. The molecule has 8 nitrogen and oxygen atoms in total. The van der Waals surface area contributed by atoms with Crippen molar-refractivity contribution in [1.29, 1.82) is 0 Å². The van der Waals surface area contributed by atoms with Crippen molar-refractivity contribution in [3.05, 3.63) is 64.7 Å². The van der Waals surface area contributed by atoms with Gasteiger partial charge in [-0.15, -0.1) is 0 Å². The first-order valence-corrected chi connectivity index (χ1v) is 11.1. The number of aryl methyl sites for hydroxylation is 1. The number of benzene rings is 2. The maximum atomic E-state index is 13.2. The highest BCUT2D eigenvalue weighted by molar-refractivity contribution is 6.31. The molecule has 5 amide bonds. The van der Waals surface area contributed by atoms with Crippen LogP contribution in [0.15, 0.2) is 48.5 Å². The Morgan fingerprint density at radius 3 is 2.45 bits per heavy atom. The quantitative estimate of drug-likeness (QED) is 0.578. The van der Waals surface area contributed by atoms with E-state index in [2.05, 4.69) is 10.6 Å². The number of imide groups is 1. The maximum Gasteiger partial charge on any atom is 0.325 e. The summed E-state index contributed by atoms with van der Waals surface area (Å²) in [7, 11) is 0. The molecule has 1 aliphatic heterocycles. The molecule has 33 heavy (non-hydrogen) atoms. The molecule has 1 saturated heterocycles. The highest BCUT2D eigenvalue weighted by Gasteiger charge is 2.51. The number of amides is 5. The molecule has 1 aliphatic rings. The van der Waals surface area contributed by atoms with Gasteiger partial charge in [-0.2, -0.15) is 0 Å². The zero-order valence-corrected chi connectivity index (χ0v) is 19.6. The van der Waals surface area contributed by atoms with Gasteiger partial charge in [0, 0.05) is 17.3 Å². The lowest BCUT2D eigenvalue weighted by atomic mass is 9.87. The van der Waals surface area contributed by atoms with Crippen LogP contribution in [0.4, 0.5) is 10.5 Å². The fourth-order valence-electron chi connectivity index (χ4n) is 3.84. The van der Waals surface area contributed by atoms with Gasteiger partial charge in [0.25, 0.3) is 5.91 Å². The Kier molecular flexibility index (Phi) is 7.38. The summed E-state index contributed by atoms with van der Waals surface area (Å²) in [6, 6.07) is 13.5. The SMILES string of the molecule is CCN(CC(=O)Nc1cc(Cl)ccc1C)C(=O)CN1C(=O)N[C@@](CC)(c2ccccc2)C1=O. The van der Waals surface area contributed by atoms with Crippen molar-refractivity contribution in [3.63, 3.8) is 0 Å². The number of halogens is 1. The summed E-state index contributed by atoms with van der Waals surface area (Å²) in [6.07, 6.45) is 0.338. The van der Waals surface area contributed by atoms with Crippen LogP contribution in [-0.4, -0.2) is 53.2 Å². The fourth-order valence-corrected chi connectivity index (χ4v) is 4.01. The molecular formula is C24H27ClN4O4. The van der Waals surface area contributed by atoms with Crippen molar-refractivity contribution in [3.8, 4) is 0 Å². The molecule has 1 heterocycles. The Labute approximate surface area is 197 Å². The molecule has 1 atom stereocenters. The minimum absolute atomic E-state index is 0.220. The minimum atomic E-state index is -1.21. The molecule has 1 fully saturated rings. The highest BCUT2D eigenvalue weighted by Crippen LogP contribution is 2.32. The average Bonchev–Trinajstić information content (AvgIpc) is 3.05. The van der Waals surface area contributed by atoms with Crippen molar-refractivity contribution >= 4 is 41.0 Å². The van der Waals surface area contributed by atoms with Gasteiger partial charge in [0.1, 0.15) is 12.1 Å². The van der Waals surface area contributed by atoms with Crippen LogP contribution in [0.1, 0.15) is 31.4 Å². The van der Waals surface area contributed by atoms with Gasteiger partial charge in [-0.05, 0) is 43.5 Å². The van der Waals surface area contributed by atoms with E-state index in [0.717, 1.165) is 10.5 Å². The number of carbonyl (C=O) groups is 4. The van der Waals surface area contributed by atoms with E-state index >= 15 is 0 Å². The van der Waals surface area contributed by atoms with E-state index in [4.69, 9.17) is 11.6 Å². The first kappa shape index (κ1) is 24.3. The van der Waals surface area contributed by atoms with E-state index in [9.17, 15) is 19.2 Å². The van der Waals surface area contributed by atoms with Crippen molar-refractivity contribution in [2.24, 2.45) is 0 Å². The van der Waals surface area contributed by atoms with Crippen LogP contribution < -0.4 is 10.6 Å². The molecule has 0 spiro atoms. The highest BCUT2D eigenvalue weighted by atomic mass is 35.5. The summed E-state index contributed by atoms with van der Waals surface area (Å²) >= 11 is 5.99. The Morgan fingerprint density at radius 2 is 1.82 bits per heavy atom. The lowest BCUT2D eigenvalue weighted by molar-refractivity contribution is -0.140. The third kappa shape index (κ3) is 5.01. The third-order valence-electron chi connectivity index (χ3n) is 5.81. The van der Waals surface area contributed by atoms with E-state index in [1.54, 1.807) is 56.3 Å². The molecule has 0 saturated carbocycles. The van der Waals surface area contributed by atoms with Crippen LogP contribution in [-0.2, 0) is 19.9 Å². The first-order valence-electron chi connectivity index (χ1n) is 10.7. The number of hydrogen-bond acceptors (Lipinski definition) is 4. The van der Waals surface area contributed by atoms with Gasteiger partial charge in [0.15, 0.2) is 0 Å². The molecular weight excluding hydrogens is 444 g/mol. The molecule has 0 aliphatic carbocycles. The van der Waals surface area contributed by atoms with Gasteiger partial charge in [0.05, 0.1) is 6.54 Å². The van der Waals surface area contributed by atoms with Crippen molar-refractivity contribution < 1.29 is 19.2 Å². The summed E-state index contributed by atoms with van der Waals surface area (Å²) in [6.45, 7) is 4.93. The number of hydrogen-bond donors (Lipinski definition) is 2. The van der Waals surface area contributed by atoms with Crippen LogP contribution in [0.2, 0.25) is 5.02 Å². The summed E-state index contributed by atoms with van der Waals surface area (Å²) in [5, 5.41) is 5.99. The fraction of sp³-hybridized carbons (Fsp3) is 0.333. The predicted octanol–water partition coefficient (Wildman–Crippen LogP) is 3.29. The van der Waals surface area contributed by atoms with Crippen molar-refractivity contribution in [2.45, 2.75) is 32.7 Å². The average molecular weight is 471 g/mol. The number of rotatable bonds is 8. The summed E-state index contributed by atoms with van der Waals surface area (Å²) < 4.78 is 0. The molecule has 3 rings (SSSR count). The Balaban J connectivity index is 1.70. The standard InChI is InChI=1S/C24H27ClN4O4/c1-4-24(17-9-7-6-8-10-17)22(32)29(23(33)27-24)15-21(31)28(5-2)14-20(30)26-19-13-18(25)12-11-16(19)3/h6-13H,4-5,14-15H2,1-3H3,(H,26,30)(H,27,33)/t24-/m0/s1. The Hall–Kier alpha value is -3.39. The molecule has 174 valence electrons. The second-order valence-electron chi connectivity index (χ2n) is 7.86. The van der Waals surface area contributed by atoms with Gasteiger partial charge < -0.3 is 15.5 Å². The minimum Gasteiger partial charge on any atom is -0.332 e.